The summed E-state index contributed by atoms with van der Waals surface area (Å²) in [5.41, 5.74) is -0.162. The van der Waals surface area contributed by atoms with Crippen LogP contribution in [0.15, 0.2) is 23.1 Å². The average molecular weight is 329 g/mol. The minimum absolute atomic E-state index is 0.0359. The summed E-state index contributed by atoms with van der Waals surface area (Å²) < 4.78 is 35.7. The van der Waals surface area contributed by atoms with Gasteiger partial charge in [-0.15, -0.1) is 0 Å². The van der Waals surface area contributed by atoms with Gasteiger partial charge in [0.1, 0.15) is 16.5 Å². The third-order valence-corrected chi connectivity index (χ3v) is 4.66. The monoisotopic (exact) mass is 329 g/mol. The first-order valence-electron chi connectivity index (χ1n) is 5.58. The largest absolute Gasteiger partial charge is 0.495 e. The van der Waals surface area contributed by atoms with E-state index in [1.807, 2.05) is 0 Å². The predicted molar refractivity (Wildman–Crippen MR) is 75.4 cm³/mol. The number of hydrogen-bond acceptors (Lipinski definition) is 7. The lowest BCUT2D eigenvalue weighted by atomic mass is 10.2. The number of benzene rings is 1. The molecule has 0 saturated carbocycles. The van der Waals surface area contributed by atoms with Gasteiger partial charge in [0.2, 0.25) is 5.13 Å². The van der Waals surface area contributed by atoms with E-state index in [0.717, 1.165) is 17.6 Å². The van der Waals surface area contributed by atoms with Crippen molar-refractivity contribution in [2.45, 2.75) is 11.8 Å². The van der Waals surface area contributed by atoms with Crippen LogP contribution in [0.4, 0.5) is 5.13 Å². The molecule has 0 fully saturated rings. The second-order valence-electron chi connectivity index (χ2n) is 3.92. The number of aromatic nitrogens is 2. The van der Waals surface area contributed by atoms with Crippen LogP contribution in [0.25, 0.3) is 0 Å². The highest BCUT2D eigenvalue weighted by molar-refractivity contribution is 7.93. The third-order valence-electron chi connectivity index (χ3n) is 2.45. The van der Waals surface area contributed by atoms with Crippen LogP contribution >= 0.6 is 11.5 Å². The number of ether oxygens (including phenoxy) is 1. The number of carboxylic acids is 1. The first kappa shape index (κ1) is 15.2. The highest BCUT2D eigenvalue weighted by atomic mass is 32.2. The SMILES string of the molecule is COc1ccc(C(=O)O)cc1S(=O)(=O)Nc1nc(C)ns1. The molecule has 1 heterocycles. The summed E-state index contributed by atoms with van der Waals surface area (Å²) in [6.45, 7) is 1.62. The molecular formula is C11H11N3O5S2. The zero-order valence-corrected chi connectivity index (χ0v) is 12.7. The Morgan fingerprint density at radius 3 is 2.67 bits per heavy atom. The van der Waals surface area contributed by atoms with Crippen LogP contribution in [0, 0.1) is 6.92 Å². The molecule has 0 bridgehead atoms. The van der Waals surface area contributed by atoms with Gasteiger partial charge in [0.05, 0.1) is 12.7 Å². The molecule has 2 rings (SSSR count). The van der Waals surface area contributed by atoms with Crippen LogP contribution in [0.5, 0.6) is 5.75 Å². The van der Waals surface area contributed by atoms with E-state index in [2.05, 4.69) is 14.1 Å². The van der Waals surface area contributed by atoms with Crippen LogP contribution in [-0.4, -0.2) is 36.0 Å². The van der Waals surface area contributed by atoms with E-state index in [4.69, 9.17) is 9.84 Å². The number of anilines is 1. The standard InChI is InChI=1S/C11H11N3O5S2/c1-6-12-11(20-13-6)14-21(17,18)9-5-7(10(15)16)3-4-8(9)19-2/h3-5H,1-2H3,(H,15,16)(H,12,13,14). The third kappa shape index (κ3) is 3.28. The molecule has 10 heteroatoms. The van der Waals surface area contributed by atoms with E-state index < -0.39 is 16.0 Å². The van der Waals surface area contributed by atoms with Gasteiger partial charge in [0.25, 0.3) is 10.0 Å². The number of aromatic carboxylic acids is 1. The van der Waals surface area contributed by atoms with Crippen molar-refractivity contribution in [3.8, 4) is 5.75 Å². The van der Waals surface area contributed by atoms with Crippen LogP contribution in [0.3, 0.4) is 0 Å². The minimum atomic E-state index is -4.03. The highest BCUT2D eigenvalue weighted by Gasteiger charge is 2.23. The fraction of sp³-hybridized carbons (Fsp3) is 0.182. The second-order valence-corrected chi connectivity index (χ2v) is 6.33. The second kappa shape index (κ2) is 5.66. The Labute approximate surface area is 124 Å². The van der Waals surface area contributed by atoms with Crippen LogP contribution < -0.4 is 9.46 Å². The Morgan fingerprint density at radius 2 is 2.14 bits per heavy atom. The van der Waals surface area contributed by atoms with Crippen molar-refractivity contribution in [3.63, 3.8) is 0 Å². The molecule has 0 saturated heterocycles. The minimum Gasteiger partial charge on any atom is -0.495 e. The molecule has 0 unspecified atom stereocenters. The quantitative estimate of drug-likeness (QED) is 0.850. The Balaban J connectivity index is 2.47. The molecule has 0 atom stereocenters. The lowest BCUT2D eigenvalue weighted by Gasteiger charge is -2.10. The molecule has 2 aromatic rings. The van der Waals surface area contributed by atoms with Crippen molar-refractivity contribution in [1.29, 1.82) is 0 Å². The molecule has 8 nitrogen and oxygen atoms in total. The molecule has 1 aromatic carbocycles. The van der Waals surface area contributed by atoms with E-state index in [9.17, 15) is 13.2 Å². The highest BCUT2D eigenvalue weighted by Crippen LogP contribution is 2.27. The van der Waals surface area contributed by atoms with Crippen LogP contribution in [0.2, 0.25) is 0 Å². The molecule has 0 aliphatic carbocycles. The molecule has 2 N–H and O–H groups in total. The molecule has 21 heavy (non-hydrogen) atoms. The molecule has 0 radical (unpaired) electrons. The zero-order valence-electron chi connectivity index (χ0n) is 11.0. The van der Waals surface area contributed by atoms with Gasteiger partial charge in [-0.3, -0.25) is 4.72 Å². The van der Waals surface area contributed by atoms with E-state index in [0.29, 0.717) is 5.82 Å². The lowest BCUT2D eigenvalue weighted by Crippen LogP contribution is -2.15. The van der Waals surface area contributed by atoms with Crippen molar-refractivity contribution >= 4 is 32.7 Å². The first-order chi connectivity index (χ1) is 9.83. The molecule has 0 aliphatic rings. The molecular weight excluding hydrogens is 318 g/mol. The fourth-order valence-corrected chi connectivity index (χ4v) is 3.52. The summed E-state index contributed by atoms with van der Waals surface area (Å²) >= 11 is 0.887. The van der Waals surface area contributed by atoms with Gasteiger partial charge in [0.15, 0.2) is 0 Å². The maximum absolute atomic E-state index is 12.3. The number of aryl methyl sites for hydroxylation is 1. The smallest absolute Gasteiger partial charge is 0.335 e. The Bertz CT molecular complexity index is 785. The number of carbonyl (C=O) groups is 1. The Hall–Kier alpha value is -2.20. The number of methoxy groups -OCH3 is 1. The van der Waals surface area contributed by atoms with Crippen molar-refractivity contribution in [3.05, 3.63) is 29.6 Å². The van der Waals surface area contributed by atoms with Crippen molar-refractivity contribution in [1.82, 2.24) is 9.36 Å². The number of rotatable bonds is 5. The van der Waals surface area contributed by atoms with Crippen LogP contribution in [-0.2, 0) is 10.0 Å². The number of nitrogens with zero attached hydrogens (tertiary/aromatic N) is 2. The first-order valence-corrected chi connectivity index (χ1v) is 7.83. The van der Waals surface area contributed by atoms with Crippen LogP contribution in [0.1, 0.15) is 16.2 Å². The van der Waals surface area contributed by atoms with Gasteiger partial charge in [0, 0.05) is 11.5 Å². The maximum atomic E-state index is 12.3. The Kier molecular flexibility index (Phi) is 4.09. The molecule has 0 aliphatic heterocycles. The van der Waals surface area contributed by atoms with E-state index in [1.54, 1.807) is 6.92 Å². The zero-order chi connectivity index (χ0) is 15.6. The summed E-state index contributed by atoms with van der Waals surface area (Å²) in [7, 11) is -2.73. The van der Waals surface area contributed by atoms with Gasteiger partial charge >= 0.3 is 5.97 Å². The fourth-order valence-electron chi connectivity index (χ4n) is 1.53. The average Bonchev–Trinajstić information content (AvgIpc) is 2.82. The van der Waals surface area contributed by atoms with Gasteiger partial charge in [-0.2, -0.15) is 4.37 Å². The summed E-state index contributed by atoms with van der Waals surface area (Å²) in [6, 6.07) is 3.57. The maximum Gasteiger partial charge on any atom is 0.335 e. The predicted octanol–water partition coefficient (Wildman–Crippen LogP) is 1.35. The number of hydrogen-bond donors (Lipinski definition) is 2. The van der Waals surface area contributed by atoms with Crippen molar-refractivity contribution in [2.24, 2.45) is 0 Å². The summed E-state index contributed by atoms with van der Waals surface area (Å²) in [6.07, 6.45) is 0. The van der Waals surface area contributed by atoms with Gasteiger partial charge in [-0.05, 0) is 25.1 Å². The number of nitrogens with one attached hydrogen (secondary N) is 1. The van der Waals surface area contributed by atoms with E-state index in [-0.39, 0.29) is 21.3 Å². The summed E-state index contributed by atoms with van der Waals surface area (Å²) in [5, 5.41) is 9.05. The van der Waals surface area contributed by atoms with Crippen molar-refractivity contribution in [2.75, 3.05) is 11.8 Å². The molecule has 0 amide bonds. The summed E-state index contributed by atoms with van der Waals surface area (Å²) in [5.74, 6) is -0.765. The van der Waals surface area contributed by atoms with Crippen molar-refractivity contribution < 1.29 is 23.1 Å². The molecule has 0 spiro atoms. The number of carboxylic acid groups (broad SMARTS) is 1. The molecule has 1 aromatic heterocycles. The Morgan fingerprint density at radius 1 is 1.43 bits per heavy atom. The number of sulfonamides is 1. The normalized spacial score (nSPS) is 11.1. The topological polar surface area (TPSA) is 118 Å². The van der Waals surface area contributed by atoms with Gasteiger partial charge in [-0.1, -0.05) is 0 Å². The van der Waals surface area contributed by atoms with Gasteiger partial charge < -0.3 is 9.84 Å². The van der Waals surface area contributed by atoms with E-state index in [1.165, 1.54) is 19.2 Å². The lowest BCUT2D eigenvalue weighted by molar-refractivity contribution is 0.0696. The van der Waals surface area contributed by atoms with Gasteiger partial charge in [-0.25, -0.2) is 18.2 Å². The molecule has 112 valence electrons. The van der Waals surface area contributed by atoms with E-state index >= 15 is 0 Å². The summed E-state index contributed by atoms with van der Waals surface area (Å²) in [4.78, 5) is 14.6.